The summed E-state index contributed by atoms with van der Waals surface area (Å²) in [7, 11) is 0. The second-order valence-electron chi connectivity index (χ2n) is 4.35. The molecule has 0 aromatic carbocycles. The van der Waals surface area contributed by atoms with Gasteiger partial charge in [0.15, 0.2) is 0 Å². The highest BCUT2D eigenvalue weighted by atomic mass is 16.1. The summed E-state index contributed by atoms with van der Waals surface area (Å²) >= 11 is 0. The van der Waals surface area contributed by atoms with Crippen molar-refractivity contribution < 1.29 is 4.79 Å². The quantitative estimate of drug-likeness (QED) is 0.710. The van der Waals surface area contributed by atoms with Gasteiger partial charge >= 0.3 is 0 Å². The number of aryl methyl sites for hydroxylation is 1. The number of rotatable bonds is 7. The van der Waals surface area contributed by atoms with E-state index in [9.17, 15) is 4.79 Å². The molecule has 96 valence electrons. The van der Waals surface area contributed by atoms with Crippen LogP contribution in [-0.4, -0.2) is 28.3 Å². The molecule has 0 aliphatic heterocycles. The first-order valence-electron chi connectivity index (χ1n) is 6.17. The Morgan fingerprint density at radius 1 is 1.53 bits per heavy atom. The van der Waals surface area contributed by atoms with Gasteiger partial charge in [0.25, 0.3) is 0 Å². The van der Waals surface area contributed by atoms with Crippen molar-refractivity contribution in [3.63, 3.8) is 0 Å². The first kappa shape index (κ1) is 13.7. The van der Waals surface area contributed by atoms with Crippen LogP contribution in [-0.2, 0) is 11.3 Å². The topological polar surface area (TPSA) is 59.0 Å². The average Bonchev–Trinajstić information content (AvgIpc) is 2.72. The molecule has 0 atom stereocenters. The summed E-state index contributed by atoms with van der Waals surface area (Å²) in [5.41, 5.74) is 0.772. The Balaban J connectivity index is 2.20. The summed E-state index contributed by atoms with van der Waals surface area (Å²) < 4.78 is 1.79. The van der Waals surface area contributed by atoms with Gasteiger partial charge in [-0.05, 0) is 19.9 Å². The molecule has 1 aromatic rings. The lowest BCUT2D eigenvalue weighted by atomic mass is 10.2. The van der Waals surface area contributed by atoms with Crippen molar-refractivity contribution in [3.8, 4) is 0 Å². The van der Waals surface area contributed by atoms with Crippen molar-refractivity contribution in [2.24, 2.45) is 0 Å². The Labute approximate surface area is 103 Å². The third kappa shape index (κ3) is 5.49. The molecule has 0 aliphatic carbocycles. The van der Waals surface area contributed by atoms with Gasteiger partial charge in [0.2, 0.25) is 5.91 Å². The summed E-state index contributed by atoms with van der Waals surface area (Å²) in [6.45, 7) is 7.89. The first-order chi connectivity index (χ1) is 8.11. The molecule has 0 radical (unpaired) electrons. The van der Waals surface area contributed by atoms with E-state index in [-0.39, 0.29) is 5.91 Å². The molecule has 1 heterocycles. The van der Waals surface area contributed by atoms with E-state index in [1.165, 1.54) is 0 Å². The number of amides is 1. The second kappa shape index (κ2) is 7.06. The minimum atomic E-state index is 0.0474. The molecule has 0 bridgehead atoms. The zero-order chi connectivity index (χ0) is 12.7. The maximum atomic E-state index is 11.6. The lowest BCUT2D eigenvalue weighted by Crippen LogP contribution is -2.24. The molecular formula is C12H22N4O. The van der Waals surface area contributed by atoms with Gasteiger partial charge in [0.05, 0.1) is 11.9 Å². The summed E-state index contributed by atoms with van der Waals surface area (Å²) in [6.07, 6.45) is 4.90. The van der Waals surface area contributed by atoms with Crippen LogP contribution in [0.2, 0.25) is 0 Å². The summed E-state index contributed by atoms with van der Waals surface area (Å²) in [4.78, 5) is 11.6. The highest BCUT2D eigenvalue weighted by molar-refractivity contribution is 5.90. The SMILES string of the molecule is CCn1cc(NC(=O)CCCNC(C)C)cn1. The molecule has 0 fully saturated rings. The summed E-state index contributed by atoms with van der Waals surface area (Å²) in [5, 5.41) is 10.2. The Hall–Kier alpha value is -1.36. The number of nitrogens with zero attached hydrogens (tertiary/aromatic N) is 2. The molecule has 1 aromatic heterocycles. The maximum Gasteiger partial charge on any atom is 0.224 e. The maximum absolute atomic E-state index is 11.6. The molecule has 0 saturated carbocycles. The Bertz CT molecular complexity index is 346. The molecule has 1 rings (SSSR count). The third-order valence-electron chi connectivity index (χ3n) is 2.37. The zero-order valence-electron chi connectivity index (χ0n) is 10.9. The van der Waals surface area contributed by atoms with Crippen LogP contribution in [0.25, 0.3) is 0 Å². The fourth-order valence-corrected chi connectivity index (χ4v) is 1.46. The van der Waals surface area contributed by atoms with Crippen molar-refractivity contribution >= 4 is 11.6 Å². The Morgan fingerprint density at radius 3 is 2.88 bits per heavy atom. The van der Waals surface area contributed by atoms with E-state index in [1.807, 2.05) is 13.1 Å². The highest BCUT2D eigenvalue weighted by Gasteiger charge is 2.04. The van der Waals surface area contributed by atoms with Crippen molar-refractivity contribution in [1.29, 1.82) is 0 Å². The van der Waals surface area contributed by atoms with E-state index in [2.05, 4.69) is 29.6 Å². The normalized spacial score (nSPS) is 10.8. The molecule has 0 spiro atoms. The fraction of sp³-hybridized carbons (Fsp3) is 0.667. The van der Waals surface area contributed by atoms with Crippen molar-refractivity contribution in [1.82, 2.24) is 15.1 Å². The number of carbonyl (C=O) groups is 1. The fourth-order valence-electron chi connectivity index (χ4n) is 1.46. The average molecular weight is 238 g/mol. The van der Waals surface area contributed by atoms with E-state index >= 15 is 0 Å². The van der Waals surface area contributed by atoms with Gasteiger partial charge in [-0.1, -0.05) is 13.8 Å². The van der Waals surface area contributed by atoms with Crippen LogP contribution in [0.3, 0.4) is 0 Å². The van der Waals surface area contributed by atoms with Gasteiger partial charge in [-0.3, -0.25) is 9.48 Å². The van der Waals surface area contributed by atoms with Gasteiger partial charge in [-0.2, -0.15) is 5.10 Å². The number of hydrogen-bond acceptors (Lipinski definition) is 3. The standard InChI is InChI=1S/C12H22N4O/c1-4-16-9-11(8-14-16)15-12(17)6-5-7-13-10(2)3/h8-10,13H,4-7H2,1-3H3,(H,15,17). The number of carbonyl (C=O) groups excluding carboxylic acids is 1. The van der Waals surface area contributed by atoms with Crippen LogP contribution in [0.1, 0.15) is 33.6 Å². The number of aromatic nitrogens is 2. The van der Waals surface area contributed by atoms with E-state index in [0.717, 1.165) is 25.2 Å². The highest BCUT2D eigenvalue weighted by Crippen LogP contribution is 2.05. The Morgan fingerprint density at radius 2 is 2.29 bits per heavy atom. The van der Waals surface area contributed by atoms with Crippen molar-refractivity contribution in [2.45, 2.75) is 46.2 Å². The molecule has 5 nitrogen and oxygen atoms in total. The van der Waals surface area contributed by atoms with E-state index in [1.54, 1.807) is 10.9 Å². The number of nitrogens with one attached hydrogen (secondary N) is 2. The summed E-state index contributed by atoms with van der Waals surface area (Å²) in [5.74, 6) is 0.0474. The minimum Gasteiger partial charge on any atom is -0.323 e. The Kier molecular flexibility index (Phi) is 5.69. The first-order valence-corrected chi connectivity index (χ1v) is 6.17. The zero-order valence-corrected chi connectivity index (χ0v) is 10.9. The minimum absolute atomic E-state index is 0.0474. The van der Waals surface area contributed by atoms with Gasteiger partial charge in [-0.25, -0.2) is 0 Å². The predicted octanol–water partition coefficient (Wildman–Crippen LogP) is 1.62. The van der Waals surface area contributed by atoms with E-state index in [4.69, 9.17) is 0 Å². The van der Waals surface area contributed by atoms with Crippen molar-refractivity contribution in [2.75, 3.05) is 11.9 Å². The monoisotopic (exact) mass is 238 g/mol. The lowest BCUT2D eigenvalue weighted by molar-refractivity contribution is -0.116. The molecule has 17 heavy (non-hydrogen) atoms. The van der Waals surface area contributed by atoms with Crippen LogP contribution in [0.15, 0.2) is 12.4 Å². The van der Waals surface area contributed by atoms with Gasteiger partial charge in [-0.15, -0.1) is 0 Å². The van der Waals surface area contributed by atoms with Crippen molar-refractivity contribution in [3.05, 3.63) is 12.4 Å². The van der Waals surface area contributed by atoms with Crippen LogP contribution in [0.5, 0.6) is 0 Å². The number of hydrogen-bond donors (Lipinski definition) is 2. The number of anilines is 1. The predicted molar refractivity (Wildman–Crippen MR) is 68.9 cm³/mol. The molecule has 0 saturated heterocycles. The molecular weight excluding hydrogens is 216 g/mol. The van der Waals surface area contributed by atoms with E-state index < -0.39 is 0 Å². The lowest BCUT2D eigenvalue weighted by Gasteiger charge is -2.07. The molecule has 5 heteroatoms. The molecule has 0 unspecified atom stereocenters. The van der Waals surface area contributed by atoms with Crippen LogP contribution >= 0.6 is 0 Å². The van der Waals surface area contributed by atoms with Crippen LogP contribution in [0, 0.1) is 0 Å². The molecule has 0 aliphatic rings. The second-order valence-corrected chi connectivity index (χ2v) is 4.35. The van der Waals surface area contributed by atoms with Gasteiger partial charge in [0.1, 0.15) is 0 Å². The van der Waals surface area contributed by atoms with E-state index in [0.29, 0.717) is 12.5 Å². The largest absolute Gasteiger partial charge is 0.323 e. The van der Waals surface area contributed by atoms with Crippen LogP contribution < -0.4 is 10.6 Å². The summed E-state index contributed by atoms with van der Waals surface area (Å²) in [6, 6.07) is 0.473. The van der Waals surface area contributed by atoms with Gasteiger partial charge < -0.3 is 10.6 Å². The third-order valence-corrected chi connectivity index (χ3v) is 2.37. The molecule has 1 amide bonds. The molecule has 2 N–H and O–H groups in total. The van der Waals surface area contributed by atoms with Gasteiger partial charge in [0, 0.05) is 25.2 Å². The smallest absolute Gasteiger partial charge is 0.224 e. The van der Waals surface area contributed by atoms with Crippen LogP contribution in [0.4, 0.5) is 5.69 Å².